The molecule has 0 aromatic heterocycles. The highest BCUT2D eigenvalue weighted by Crippen LogP contribution is 2.54. The lowest BCUT2D eigenvalue weighted by molar-refractivity contribution is 0.270. The van der Waals surface area contributed by atoms with E-state index in [0.29, 0.717) is 17.6 Å². The lowest BCUT2D eigenvalue weighted by Crippen LogP contribution is -2.16. The monoisotopic (exact) mass is 148 g/mol. The third-order valence-corrected chi connectivity index (χ3v) is 3.56. The van der Waals surface area contributed by atoms with E-state index < -0.39 is 0 Å². The van der Waals surface area contributed by atoms with Crippen LogP contribution in [0.2, 0.25) is 0 Å². The second-order valence-corrected chi connectivity index (χ2v) is 4.00. The molecule has 0 spiro atoms. The molecule has 0 aromatic rings. The van der Waals surface area contributed by atoms with Crippen LogP contribution in [0.25, 0.3) is 0 Å². The van der Waals surface area contributed by atoms with Crippen LogP contribution in [-0.4, -0.2) is 5.11 Å². The molecule has 0 saturated heterocycles. The van der Waals surface area contributed by atoms with Gasteiger partial charge in [0.15, 0.2) is 0 Å². The van der Waals surface area contributed by atoms with Crippen LogP contribution in [0.3, 0.4) is 0 Å². The fraction of sp³-hybridized carbons (Fsp3) is 0.600. The van der Waals surface area contributed by atoms with Crippen molar-refractivity contribution < 1.29 is 5.11 Å². The van der Waals surface area contributed by atoms with E-state index in [0.717, 1.165) is 11.8 Å². The minimum absolute atomic E-state index is 0.514. The van der Waals surface area contributed by atoms with E-state index in [1.165, 1.54) is 12.8 Å². The highest BCUT2D eigenvalue weighted by Gasteiger charge is 2.48. The van der Waals surface area contributed by atoms with Crippen LogP contribution in [-0.2, 0) is 0 Å². The van der Waals surface area contributed by atoms with E-state index in [1.54, 1.807) is 0 Å². The molecular formula is C10H12O. The first-order valence-electron chi connectivity index (χ1n) is 4.43. The van der Waals surface area contributed by atoms with Gasteiger partial charge in [-0.25, -0.2) is 0 Å². The Kier molecular flexibility index (Phi) is 0.913. The molecule has 1 fully saturated rings. The molecule has 1 saturated carbocycles. The Morgan fingerprint density at radius 2 is 2.36 bits per heavy atom. The molecule has 4 unspecified atom stereocenters. The first kappa shape index (κ1) is 5.87. The minimum Gasteiger partial charge on any atom is -0.512 e. The maximum atomic E-state index is 9.50. The van der Waals surface area contributed by atoms with Crippen molar-refractivity contribution in [3.8, 4) is 0 Å². The normalized spacial score (nSPS) is 51.5. The first-order valence-corrected chi connectivity index (χ1v) is 4.43. The fourth-order valence-electron chi connectivity index (χ4n) is 3.07. The molecule has 1 nitrogen and oxygen atoms in total. The summed E-state index contributed by atoms with van der Waals surface area (Å²) >= 11 is 0. The van der Waals surface area contributed by atoms with Gasteiger partial charge in [-0.1, -0.05) is 12.2 Å². The van der Waals surface area contributed by atoms with Crippen molar-refractivity contribution in [3.63, 3.8) is 0 Å². The Morgan fingerprint density at radius 3 is 3.27 bits per heavy atom. The van der Waals surface area contributed by atoms with Gasteiger partial charge in [0.1, 0.15) is 0 Å². The highest BCUT2D eigenvalue weighted by molar-refractivity contribution is 5.24. The molecule has 3 rings (SSSR count). The molecule has 1 heteroatoms. The molecule has 0 aromatic carbocycles. The number of aliphatic hydroxyl groups excluding tert-OH is 1. The second-order valence-electron chi connectivity index (χ2n) is 4.00. The lowest BCUT2D eigenvalue weighted by atomic mass is 9.85. The Bertz CT molecular complexity index is 252. The largest absolute Gasteiger partial charge is 0.512 e. The van der Waals surface area contributed by atoms with Crippen LogP contribution < -0.4 is 0 Å². The highest BCUT2D eigenvalue weighted by atomic mass is 16.3. The smallest absolute Gasteiger partial charge is 0.0920 e. The topological polar surface area (TPSA) is 20.2 Å². The van der Waals surface area contributed by atoms with Gasteiger partial charge in [0.25, 0.3) is 0 Å². The van der Waals surface area contributed by atoms with Gasteiger partial charge >= 0.3 is 0 Å². The van der Waals surface area contributed by atoms with Crippen LogP contribution in [0, 0.1) is 23.7 Å². The van der Waals surface area contributed by atoms with E-state index in [2.05, 4.69) is 18.2 Å². The summed E-state index contributed by atoms with van der Waals surface area (Å²) in [4.78, 5) is 0. The summed E-state index contributed by atoms with van der Waals surface area (Å²) in [5.74, 6) is 3.39. The quantitative estimate of drug-likeness (QED) is 0.522. The van der Waals surface area contributed by atoms with Gasteiger partial charge in [0.05, 0.1) is 5.76 Å². The van der Waals surface area contributed by atoms with Crippen molar-refractivity contribution in [2.24, 2.45) is 23.7 Å². The van der Waals surface area contributed by atoms with Crippen LogP contribution >= 0.6 is 0 Å². The molecule has 0 radical (unpaired) electrons. The van der Waals surface area contributed by atoms with E-state index in [-0.39, 0.29) is 0 Å². The average Bonchev–Trinajstić information content (AvgIpc) is 2.52. The van der Waals surface area contributed by atoms with E-state index in [9.17, 15) is 5.11 Å². The molecular weight excluding hydrogens is 136 g/mol. The number of fused-ring (bicyclic) bond motifs is 5. The number of hydrogen-bond acceptors (Lipinski definition) is 1. The maximum Gasteiger partial charge on any atom is 0.0920 e. The average molecular weight is 148 g/mol. The van der Waals surface area contributed by atoms with Crippen LogP contribution in [0.4, 0.5) is 0 Å². The molecule has 11 heavy (non-hydrogen) atoms. The van der Waals surface area contributed by atoms with Gasteiger partial charge in [-0.05, 0) is 36.7 Å². The Balaban J connectivity index is 2.03. The molecule has 3 aliphatic carbocycles. The zero-order valence-corrected chi connectivity index (χ0v) is 6.40. The van der Waals surface area contributed by atoms with Crippen molar-refractivity contribution in [3.05, 3.63) is 24.0 Å². The van der Waals surface area contributed by atoms with E-state index in [4.69, 9.17) is 0 Å². The predicted octanol–water partition coefficient (Wildman–Crippen LogP) is 2.27. The van der Waals surface area contributed by atoms with Crippen molar-refractivity contribution in [1.29, 1.82) is 0 Å². The Labute approximate surface area is 66.4 Å². The summed E-state index contributed by atoms with van der Waals surface area (Å²) in [5, 5.41) is 9.50. The Hall–Kier alpha value is -0.720. The van der Waals surface area contributed by atoms with Crippen LogP contribution in [0.15, 0.2) is 24.0 Å². The third-order valence-electron chi connectivity index (χ3n) is 3.56. The molecule has 4 atom stereocenters. The summed E-state index contributed by atoms with van der Waals surface area (Å²) < 4.78 is 0. The van der Waals surface area contributed by atoms with E-state index in [1.807, 2.05) is 0 Å². The zero-order valence-electron chi connectivity index (χ0n) is 6.40. The van der Waals surface area contributed by atoms with Crippen molar-refractivity contribution in [2.75, 3.05) is 0 Å². The zero-order chi connectivity index (χ0) is 7.42. The fourth-order valence-corrected chi connectivity index (χ4v) is 3.07. The van der Waals surface area contributed by atoms with Crippen molar-refractivity contribution in [1.82, 2.24) is 0 Å². The standard InChI is InChI=1S/C10H12O/c11-10-5-6-4-9(10)8-3-1-2-7(6)8/h1-2,5-9,11H,3-4H2. The number of hydrogen-bond donors (Lipinski definition) is 1. The molecule has 58 valence electrons. The molecule has 3 aliphatic rings. The van der Waals surface area contributed by atoms with Gasteiger partial charge in [-0.3, -0.25) is 0 Å². The predicted molar refractivity (Wildman–Crippen MR) is 43.0 cm³/mol. The molecule has 0 aliphatic heterocycles. The van der Waals surface area contributed by atoms with Crippen molar-refractivity contribution >= 4 is 0 Å². The molecule has 2 bridgehead atoms. The van der Waals surface area contributed by atoms with E-state index >= 15 is 0 Å². The van der Waals surface area contributed by atoms with Crippen LogP contribution in [0.1, 0.15) is 12.8 Å². The number of rotatable bonds is 0. The molecule has 1 N–H and O–H groups in total. The van der Waals surface area contributed by atoms with Crippen molar-refractivity contribution in [2.45, 2.75) is 12.8 Å². The van der Waals surface area contributed by atoms with Crippen LogP contribution in [0.5, 0.6) is 0 Å². The number of allylic oxidation sites excluding steroid dienone is 4. The van der Waals surface area contributed by atoms with Gasteiger partial charge in [-0.15, -0.1) is 0 Å². The second kappa shape index (κ2) is 1.71. The van der Waals surface area contributed by atoms with Gasteiger partial charge in [0, 0.05) is 5.92 Å². The lowest BCUT2D eigenvalue weighted by Gasteiger charge is -2.21. The molecule has 0 amide bonds. The molecule has 0 heterocycles. The summed E-state index contributed by atoms with van der Waals surface area (Å²) in [6, 6.07) is 0. The third kappa shape index (κ3) is 0.574. The summed E-state index contributed by atoms with van der Waals surface area (Å²) in [7, 11) is 0. The minimum atomic E-state index is 0.514. The maximum absolute atomic E-state index is 9.50. The summed E-state index contributed by atoms with van der Waals surface area (Å²) in [6.45, 7) is 0. The first-order chi connectivity index (χ1) is 5.36. The van der Waals surface area contributed by atoms with Gasteiger partial charge < -0.3 is 5.11 Å². The Morgan fingerprint density at radius 1 is 1.45 bits per heavy atom. The SMILES string of the molecule is OC1=CC2CC1C1CC=CC21. The summed E-state index contributed by atoms with van der Waals surface area (Å²) in [5.41, 5.74) is 0. The van der Waals surface area contributed by atoms with Gasteiger partial charge in [-0.2, -0.15) is 0 Å². The van der Waals surface area contributed by atoms with Gasteiger partial charge in [0.2, 0.25) is 0 Å². The summed E-state index contributed by atoms with van der Waals surface area (Å²) in [6.07, 6.45) is 9.11. The number of aliphatic hydroxyl groups is 1.